The van der Waals surface area contributed by atoms with Crippen LogP contribution in [0.5, 0.6) is 5.75 Å². The standard InChI is InChI=1S/C17H25N5O3/c1-24-12-11-22-16(18-19-20-22)13-21-9-7-17(23,8-10-21)14-5-3-4-6-15(14)25-2/h3-6,23H,7-13H2,1-2H3. The molecule has 2 heterocycles. The molecule has 136 valence electrons. The molecule has 1 aliphatic rings. The number of benzene rings is 1. The summed E-state index contributed by atoms with van der Waals surface area (Å²) < 4.78 is 12.3. The summed E-state index contributed by atoms with van der Waals surface area (Å²) in [4.78, 5) is 2.26. The molecule has 1 fully saturated rings. The summed E-state index contributed by atoms with van der Waals surface area (Å²) in [6, 6.07) is 7.69. The number of tetrazole rings is 1. The van der Waals surface area contributed by atoms with E-state index in [0.29, 0.717) is 32.5 Å². The third-order valence-electron chi connectivity index (χ3n) is 4.77. The lowest BCUT2D eigenvalue weighted by Gasteiger charge is -2.38. The maximum absolute atomic E-state index is 11.1. The summed E-state index contributed by atoms with van der Waals surface area (Å²) in [6.45, 7) is 3.42. The van der Waals surface area contributed by atoms with Gasteiger partial charge >= 0.3 is 0 Å². The second kappa shape index (κ2) is 7.90. The van der Waals surface area contributed by atoms with Crippen molar-refractivity contribution >= 4 is 0 Å². The van der Waals surface area contributed by atoms with Crippen molar-refractivity contribution in [2.75, 3.05) is 33.9 Å². The van der Waals surface area contributed by atoms with Gasteiger partial charge in [0.15, 0.2) is 5.82 Å². The zero-order chi connectivity index (χ0) is 17.7. The Balaban J connectivity index is 1.63. The minimum atomic E-state index is -0.856. The van der Waals surface area contributed by atoms with Crippen LogP contribution < -0.4 is 4.74 Å². The van der Waals surface area contributed by atoms with Crippen LogP contribution in [0.3, 0.4) is 0 Å². The van der Waals surface area contributed by atoms with E-state index < -0.39 is 5.60 Å². The molecular formula is C17H25N5O3. The van der Waals surface area contributed by atoms with Crippen LogP contribution >= 0.6 is 0 Å². The monoisotopic (exact) mass is 347 g/mol. The minimum Gasteiger partial charge on any atom is -0.496 e. The van der Waals surface area contributed by atoms with Crippen molar-refractivity contribution in [3.8, 4) is 5.75 Å². The number of methoxy groups -OCH3 is 2. The van der Waals surface area contributed by atoms with Gasteiger partial charge in [-0.3, -0.25) is 4.90 Å². The molecule has 25 heavy (non-hydrogen) atoms. The van der Waals surface area contributed by atoms with E-state index in [-0.39, 0.29) is 0 Å². The van der Waals surface area contributed by atoms with Gasteiger partial charge < -0.3 is 14.6 Å². The molecular weight excluding hydrogens is 322 g/mol. The number of rotatable bonds is 7. The molecule has 0 aliphatic carbocycles. The van der Waals surface area contributed by atoms with Crippen LogP contribution in [0.2, 0.25) is 0 Å². The second-order valence-electron chi connectivity index (χ2n) is 6.32. The Bertz CT molecular complexity index is 682. The van der Waals surface area contributed by atoms with Crippen molar-refractivity contribution in [1.29, 1.82) is 0 Å². The maximum atomic E-state index is 11.1. The highest BCUT2D eigenvalue weighted by Gasteiger charge is 2.36. The largest absolute Gasteiger partial charge is 0.496 e. The lowest BCUT2D eigenvalue weighted by molar-refractivity contribution is -0.0300. The van der Waals surface area contributed by atoms with E-state index in [0.717, 1.165) is 30.2 Å². The average Bonchev–Trinajstić information content (AvgIpc) is 3.09. The van der Waals surface area contributed by atoms with E-state index in [4.69, 9.17) is 9.47 Å². The van der Waals surface area contributed by atoms with Gasteiger partial charge in [0.25, 0.3) is 0 Å². The van der Waals surface area contributed by atoms with Crippen LogP contribution in [0.15, 0.2) is 24.3 Å². The molecule has 0 bridgehead atoms. The molecule has 1 aromatic heterocycles. The van der Waals surface area contributed by atoms with Gasteiger partial charge in [-0.1, -0.05) is 18.2 Å². The van der Waals surface area contributed by atoms with Gasteiger partial charge in [-0.05, 0) is 29.3 Å². The molecule has 0 radical (unpaired) electrons. The van der Waals surface area contributed by atoms with Crippen LogP contribution in [0, 0.1) is 0 Å². The van der Waals surface area contributed by atoms with E-state index in [1.165, 1.54) is 0 Å². The molecule has 2 aromatic rings. The highest BCUT2D eigenvalue weighted by atomic mass is 16.5. The normalized spacial score (nSPS) is 17.6. The molecule has 0 amide bonds. The molecule has 8 nitrogen and oxygen atoms in total. The lowest BCUT2D eigenvalue weighted by Crippen LogP contribution is -2.42. The molecule has 0 unspecified atom stereocenters. The van der Waals surface area contributed by atoms with Crippen molar-refractivity contribution in [2.24, 2.45) is 0 Å². The molecule has 1 aromatic carbocycles. The predicted octanol–water partition coefficient (Wildman–Crippen LogP) is 0.812. The first-order valence-corrected chi connectivity index (χ1v) is 8.48. The summed E-state index contributed by atoms with van der Waals surface area (Å²) in [7, 11) is 3.30. The Morgan fingerprint density at radius 3 is 2.68 bits per heavy atom. The van der Waals surface area contributed by atoms with Gasteiger partial charge in [0.2, 0.25) is 0 Å². The molecule has 0 saturated carbocycles. The lowest BCUT2D eigenvalue weighted by atomic mass is 9.84. The first kappa shape index (κ1) is 17.8. The zero-order valence-electron chi connectivity index (χ0n) is 14.8. The van der Waals surface area contributed by atoms with Crippen molar-refractivity contribution < 1.29 is 14.6 Å². The Morgan fingerprint density at radius 2 is 1.96 bits per heavy atom. The van der Waals surface area contributed by atoms with E-state index in [1.54, 1.807) is 18.9 Å². The molecule has 1 N–H and O–H groups in total. The van der Waals surface area contributed by atoms with Crippen LogP contribution in [0.1, 0.15) is 24.2 Å². The Morgan fingerprint density at radius 1 is 1.20 bits per heavy atom. The Kier molecular flexibility index (Phi) is 5.62. The van der Waals surface area contributed by atoms with Crippen LogP contribution in [-0.4, -0.2) is 64.1 Å². The Hall–Kier alpha value is -2.03. The van der Waals surface area contributed by atoms with Gasteiger partial charge in [-0.2, -0.15) is 0 Å². The van der Waals surface area contributed by atoms with Crippen LogP contribution in [0.4, 0.5) is 0 Å². The highest BCUT2D eigenvalue weighted by Crippen LogP contribution is 2.38. The molecule has 1 saturated heterocycles. The van der Waals surface area contributed by atoms with Gasteiger partial charge in [-0.15, -0.1) is 5.10 Å². The Labute approximate surface area is 147 Å². The van der Waals surface area contributed by atoms with Gasteiger partial charge in [0, 0.05) is 25.8 Å². The van der Waals surface area contributed by atoms with Crippen molar-refractivity contribution in [3.63, 3.8) is 0 Å². The van der Waals surface area contributed by atoms with E-state index in [1.807, 2.05) is 24.3 Å². The topological polar surface area (TPSA) is 85.5 Å². The van der Waals surface area contributed by atoms with Crippen LogP contribution in [-0.2, 0) is 23.4 Å². The number of nitrogens with zero attached hydrogens (tertiary/aromatic N) is 5. The van der Waals surface area contributed by atoms with E-state index in [2.05, 4.69) is 20.4 Å². The number of hydrogen-bond acceptors (Lipinski definition) is 7. The minimum absolute atomic E-state index is 0.575. The van der Waals surface area contributed by atoms with Gasteiger partial charge in [0.1, 0.15) is 5.75 Å². The maximum Gasteiger partial charge on any atom is 0.165 e. The molecule has 1 aliphatic heterocycles. The summed E-state index contributed by atoms with van der Waals surface area (Å²) in [5.74, 6) is 1.56. The third kappa shape index (κ3) is 3.97. The van der Waals surface area contributed by atoms with Crippen molar-refractivity contribution in [2.45, 2.75) is 31.5 Å². The molecule has 8 heteroatoms. The van der Waals surface area contributed by atoms with Crippen molar-refractivity contribution in [3.05, 3.63) is 35.7 Å². The zero-order valence-corrected chi connectivity index (χ0v) is 14.8. The fraction of sp³-hybridized carbons (Fsp3) is 0.588. The quantitative estimate of drug-likeness (QED) is 0.793. The number of piperidine rings is 1. The fourth-order valence-electron chi connectivity index (χ4n) is 3.27. The predicted molar refractivity (Wildman–Crippen MR) is 91.1 cm³/mol. The van der Waals surface area contributed by atoms with Gasteiger partial charge in [0.05, 0.1) is 32.4 Å². The smallest absolute Gasteiger partial charge is 0.165 e. The van der Waals surface area contributed by atoms with E-state index >= 15 is 0 Å². The average molecular weight is 347 g/mol. The number of ether oxygens (including phenoxy) is 2. The SMILES string of the molecule is COCCn1nnnc1CN1CCC(O)(c2ccccc2OC)CC1. The summed E-state index contributed by atoms with van der Waals surface area (Å²) in [6.07, 6.45) is 1.29. The number of aromatic nitrogens is 4. The number of hydrogen-bond donors (Lipinski definition) is 1. The first-order valence-electron chi connectivity index (χ1n) is 8.48. The third-order valence-corrected chi connectivity index (χ3v) is 4.77. The summed E-state index contributed by atoms with van der Waals surface area (Å²) in [5.41, 5.74) is 0.00696. The van der Waals surface area contributed by atoms with Crippen LogP contribution in [0.25, 0.3) is 0 Å². The number of aliphatic hydroxyl groups is 1. The molecule has 0 atom stereocenters. The molecule has 3 rings (SSSR count). The van der Waals surface area contributed by atoms with Gasteiger partial charge in [-0.25, -0.2) is 4.68 Å². The molecule has 0 spiro atoms. The van der Waals surface area contributed by atoms with E-state index in [9.17, 15) is 5.11 Å². The van der Waals surface area contributed by atoms with Crippen molar-refractivity contribution in [1.82, 2.24) is 25.1 Å². The second-order valence-corrected chi connectivity index (χ2v) is 6.32. The summed E-state index contributed by atoms with van der Waals surface area (Å²) in [5, 5.41) is 23.0. The summed E-state index contributed by atoms with van der Waals surface area (Å²) >= 11 is 0. The first-order chi connectivity index (χ1) is 12.2. The fourth-order valence-corrected chi connectivity index (χ4v) is 3.27. The highest BCUT2D eigenvalue weighted by molar-refractivity contribution is 5.38. The number of para-hydroxylation sites is 1. The number of likely N-dealkylation sites (tertiary alicyclic amines) is 1.